The van der Waals surface area contributed by atoms with Crippen LogP contribution in [-0.4, -0.2) is 34.9 Å². The van der Waals surface area contributed by atoms with Crippen molar-refractivity contribution >= 4 is 41.1 Å². The first-order valence-electron chi connectivity index (χ1n) is 10.2. The normalized spacial score (nSPS) is 13.6. The van der Waals surface area contributed by atoms with Gasteiger partial charge in [-0.3, -0.25) is 9.69 Å². The van der Waals surface area contributed by atoms with E-state index in [2.05, 4.69) is 10.4 Å². The van der Waals surface area contributed by atoms with Crippen LogP contribution in [0, 0.1) is 13.8 Å². The minimum absolute atomic E-state index is 0.325. The largest absolute Gasteiger partial charge is 0.447 e. The van der Waals surface area contributed by atoms with Crippen molar-refractivity contribution in [2.75, 3.05) is 23.4 Å². The van der Waals surface area contributed by atoms with Crippen molar-refractivity contribution in [2.45, 2.75) is 20.4 Å². The van der Waals surface area contributed by atoms with E-state index in [-0.39, 0.29) is 5.91 Å². The van der Waals surface area contributed by atoms with E-state index in [0.717, 1.165) is 11.3 Å². The van der Waals surface area contributed by atoms with E-state index < -0.39 is 6.09 Å². The zero-order valence-electron chi connectivity index (χ0n) is 17.8. The molecule has 0 radical (unpaired) electrons. The molecule has 0 unspecified atom stereocenters. The molecule has 1 aliphatic heterocycles. The summed E-state index contributed by atoms with van der Waals surface area (Å²) in [5.41, 5.74) is 4.81. The van der Waals surface area contributed by atoms with Gasteiger partial charge in [-0.1, -0.05) is 53.6 Å². The Labute approximate surface area is 191 Å². The summed E-state index contributed by atoms with van der Waals surface area (Å²) >= 11 is 6.54. The van der Waals surface area contributed by atoms with Crippen molar-refractivity contribution in [1.29, 1.82) is 0 Å². The summed E-state index contributed by atoms with van der Waals surface area (Å²) in [6, 6.07) is 15.3. The second kappa shape index (κ2) is 9.28. The fourth-order valence-electron chi connectivity index (χ4n) is 3.49. The smallest absolute Gasteiger partial charge is 0.414 e. The van der Waals surface area contributed by atoms with Gasteiger partial charge in [0, 0.05) is 11.6 Å². The maximum Gasteiger partial charge on any atom is 0.414 e. The standard InChI is InChI=1S/C24H23ClN4O3/c1-16-7-9-18(10-8-16)15-29-23(25)19(17(2)27-29)11-12-22(30)26-20-5-3-4-6-21(20)28-13-14-32-24(28)31/h3-12H,13-15H2,1-2H3,(H,26,30)/b12-11+. The molecule has 0 saturated carbocycles. The number of carbonyl (C=O) groups is 2. The number of carbonyl (C=O) groups excluding carboxylic acids is 2. The zero-order valence-corrected chi connectivity index (χ0v) is 18.6. The van der Waals surface area contributed by atoms with Crippen LogP contribution in [0.1, 0.15) is 22.4 Å². The Morgan fingerprint density at radius 3 is 2.66 bits per heavy atom. The number of aromatic nitrogens is 2. The zero-order chi connectivity index (χ0) is 22.7. The Bertz CT molecular complexity index is 1180. The molecule has 7 nitrogen and oxygen atoms in total. The third-order valence-electron chi connectivity index (χ3n) is 5.18. The lowest BCUT2D eigenvalue weighted by Gasteiger charge is -2.17. The number of nitrogens with zero attached hydrogens (tertiary/aromatic N) is 3. The number of amides is 2. The highest BCUT2D eigenvalue weighted by Crippen LogP contribution is 2.28. The SMILES string of the molecule is Cc1ccc(Cn2nc(C)c(/C=C/C(=O)Nc3ccccc3N3CCOC3=O)c2Cl)cc1. The van der Waals surface area contributed by atoms with Crippen LogP contribution in [0.2, 0.25) is 5.15 Å². The molecule has 1 aromatic heterocycles. The third-order valence-corrected chi connectivity index (χ3v) is 5.58. The number of ether oxygens (including phenoxy) is 1. The molecule has 4 rings (SSSR count). The second-order valence-corrected chi connectivity index (χ2v) is 7.90. The van der Waals surface area contributed by atoms with Gasteiger partial charge in [0.25, 0.3) is 0 Å². The van der Waals surface area contributed by atoms with Crippen molar-refractivity contribution in [3.63, 3.8) is 0 Å². The highest BCUT2D eigenvalue weighted by atomic mass is 35.5. The fraction of sp³-hybridized carbons (Fsp3) is 0.208. The summed E-state index contributed by atoms with van der Waals surface area (Å²) in [6.07, 6.45) is 2.63. The van der Waals surface area contributed by atoms with Gasteiger partial charge in [0.05, 0.1) is 30.2 Å². The Morgan fingerprint density at radius 1 is 1.19 bits per heavy atom. The van der Waals surface area contributed by atoms with Gasteiger partial charge in [0.15, 0.2) is 0 Å². The topological polar surface area (TPSA) is 76.5 Å². The molecule has 2 aromatic carbocycles. The molecule has 0 atom stereocenters. The van der Waals surface area contributed by atoms with Crippen LogP contribution in [0.15, 0.2) is 54.6 Å². The van der Waals surface area contributed by atoms with Crippen molar-refractivity contribution in [3.05, 3.63) is 82.1 Å². The van der Waals surface area contributed by atoms with Crippen molar-refractivity contribution < 1.29 is 14.3 Å². The molecule has 1 aliphatic rings. The number of rotatable bonds is 6. The van der Waals surface area contributed by atoms with Crippen LogP contribution >= 0.6 is 11.6 Å². The first kappa shape index (κ1) is 21.6. The molecule has 164 valence electrons. The molecule has 3 aromatic rings. The van der Waals surface area contributed by atoms with Crippen molar-refractivity contribution in [3.8, 4) is 0 Å². The monoisotopic (exact) mass is 450 g/mol. The molecule has 2 heterocycles. The molecule has 32 heavy (non-hydrogen) atoms. The van der Waals surface area contributed by atoms with Gasteiger partial charge in [0.1, 0.15) is 11.8 Å². The minimum atomic E-state index is -0.425. The quantitative estimate of drug-likeness (QED) is 0.547. The number of benzene rings is 2. The Kier molecular flexibility index (Phi) is 6.28. The lowest BCUT2D eigenvalue weighted by atomic mass is 10.1. The molecule has 1 saturated heterocycles. The van der Waals surface area contributed by atoms with Gasteiger partial charge in [-0.25, -0.2) is 9.48 Å². The van der Waals surface area contributed by atoms with Crippen LogP contribution in [0.3, 0.4) is 0 Å². The van der Waals surface area contributed by atoms with Crippen molar-refractivity contribution in [1.82, 2.24) is 9.78 Å². The summed E-state index contributed by atoms with van der Waals surface area (Å²) in [7, 11) is 0. The van der Waals surface area contributed by atoms with E-state index in [9.17, 15) is 9.59 Å². The molecule has 0 bridgehead atoms. The van der Waals surface area contributed by atoms with Gasteiger partial charge in [0.2, 0.25) is 5.91 Å². The molecular formula is C24H23ClN4O3. The van der Waals surface area contributed by atoms with Crippen LogP contribution in [0.4, 0.5) is 16.2 Å². The number of nitrogens with one attached hydrogen (secondary N) is 1. The Morgan fingerprint density at radius 2 is 1.94 bits per heavy atom. The van der Waals surface area contributed by atoms with Crippen LogP contribution < -0.4 is 10.2 Å². The number of aryl methyl sites for hydroxylation is 2. The van der Waals surface area contributed by atoms with E-state index in [1.165, 1.54) is 16.5 Å². The minimum Gasteiger partial charge on any atom is -0.447 e. The van der Waals surface area contributed by atoms with E-state index >= 15 is 0 Å². The Hall–Kier alpha value is -3.58. The van der Waals surface area contributed by atoms with Crippen LogP contribution in [-0.2, 0) is 16.1 Å². The number of hydrogen-bond donors (Lipinski definition) is 1. The van der Waals surface area contributed by atoms with Crippen molar-refractivity contribution in [2.24, 2.45) is 0 Å². The van der Waals surface area contributed by atoms with Crippen LogP contribution in [0.25, 0.3) is 6.08 Å². The van der Waals surface area contributed by atoms with Gasteiger partial charge in [-0.15, -0.1) is 0 Å². The van der Waals surface area contributed by atoms with Crippen LogP contribution in [0.5, 0.6) is 0 Å². The lowest BCUT2D eigenvalue weighted by Crippen LogP contribution is -2.25. The molecule has 2 amide bonds. The highest BCUT2D eigenvalue weighted by molar-refractivity contribution is 6.31. The summed E-state index contributed by atoms with van der Waals surface area (Å²) in [4.78, 5) is 26.0. The number of halogens is 1. The number of hydrogen-bond acceptors (Lipinski definition) is 4. The summed E-state index contributed by atoms with van der Waals surface area (Å²) in [5, 5.41) is 7.80. The molecule has 0 spiro atoms. The van der Waals surface area contributed by atoms with Gasteiger partial charge >= 0.3 is 6.09 Å². The summed E-state index contributed by atoms with van der Waals surface area (Å²) in [6.45, 7) is 5.20. The molecule has 8 heteroatoms. The van der Waals surface area contributed by atoms with Gasteiger partial charge in [-0.05, 0) is 37.6 Å². The van der Waals surface area contributed by atoms with E-state index in [1.807, 2.05) is 38.1 Å². The van der Waals surface area contributed by atoms with E-state index in [4.69, 9.17) is 16.3 Å². The molecular weight excluding hydrogens is 428 g/mol. The summed E-state index contributed by atoms with van der Waals surface area (Å²) in [5.74, 6) is -0.341. The number of cyclic esters (lactones) is 1. The first-order chi connectivity index (χ1) is 15.4. The highest BCUT2D eigenvalue weighted by Gasteiger charge is 2.25. The fourth-order valence-corrected chi connectivity index (χ4v) is 3.79. The lowest BCUT2D eigenvalue weighted by molar-refractivity contribution is -0.111. The molecule has 1 fully saturated rings. The van der Waals surface area contributed by atoms with E-state index in [0.29, 0.717) is 41.8 Å². The van der Waals surface area contributed by atoms with Gasteiger partial charge in [-0.2, -0.15) is 5.10 Å². The molecule has 1 N–H and O–H groups in total. The third kappa shape index (κ3) is 4.68. The average Bonchev–Trinajstić information content (AvgIpc) is 3.31. The predicted molar refractivity (Wildman–Crippen MR) is 125 cm³/mol. The average molecular weight is 451 g/mol. The van der Waals surface area contributed by atoms with Gasteiger partial charge < -0.3 is 10.1 Å². The van der Waals surface area contributed by atoms with E-state index in [1.54, 1.807) is 35.0 Å². The maximum atomic E-state index is 12.6. The number of para-hydroxylation sites is 2. The molecule has 0 aliphatic carbocycles. The predicted octanol–water partition coefficient (Wildman–Crippen LogP) is 4.81. The first-order valence-corrected chi connectivity index (χ1v) is 10.6. The second-order valence-electron chi connectivity index (χ2n) is 7.54. The maximum absolute atomic E-state index is 12.6. The Balaban J connectivity index is 1.48. The summed E-state index contributed by atoms with van der Waals surface area (Å²) < 4.78 is 6.71. The number of anilines is 2.